The third-order valence-electron chi connectivity index (χ3n) is 8.30. The minimum Gasteiger partial charge on any atom is -0.341 e. The fourth-order valence-corrected chi connectivity index (χ4v) is 7.55. The zero-order valence-electron chi connectivity index (χ0n) is 23.3. The summed E-state index contributed by atoms with van der Waals surface area (Å²) in [5.41, 5.74) is 1.98. The van der Waals surface area contributed by atoms with Crippen LogP contribution in [0.2, 0.25) is 0 Å². The van der Waals surface area contributed by atoms with Crippen LogP contribution in [-0.2, 0) is 14.8 Å². The lowest BCUT2D eigenvalue weighted by atomic mass is 9.84. The molecule has 40 heavy (non-hydrogen) atoms. The third-order valence-corrected chi connectivity index (χ3v) is 9.85. The molecule has 3 aromatic rings. The van der Waals surface area contributed by atoms with Crippen LogP contribution in [0.5, 0.6) is 0 Å². The lowest BCUT2D eigenvalue weighted by Gasteiger charge is -2.41. The Bertz CT molecular complexity index is 1510. The minimum absolute atomic E-state index is 0.00665. The van der Waals surface area contributed by atoms with Gasteiger partial charge in [0.2, 0.25) is 15.9 Å². The van der Waals surface area contributed by atoms with Crippen LogP contribution in [0.4, 0.5) is 5.69 Å². The maximum atomic E-state index is 13.8. The Kier molecular flexibility index (Phi) is 8.26. The van der Waals surface area contributed by atoms with Gasteiger partial charge < -0.3 is 15.5 Å². The Balaban J connectivity index is 1.38. The Labute approximate surface area is 236 Å². The predicted octanol–water partition coefficient (Wildman–Crippen LogP) is 4.30. The van der Waals surface area contributed by atoms with E-state index < -0.39 is 10.0 Å². The van der Waals surface area contributed by atoms with Gasteiger partial charge in [-0.1, -0.05) is 56.3 Å². The van der Waals surface area contributed by atoms with Crippen molar-refractivity contribution in [3.63, 3.8) is 0 Å². The monoisotopic (exact) mass is 562 g/mol. The van der Waals surface area contributed by atoms with Gasteiger partial charge in [-0.15, -0.1) is 0 Å². The van der Waals surface area contributed by atoms with Crippen LogP contribution in [0.15, 0.2) is 65.6 Å². The molecule has 2 aliphatic rings. The Hall–Kier alpha value is -3.27. The zero-order valence-corrected chi connectivity index (χ0v) is 24.1. The van der Waals surface area contributed by atoms with E-state index in [4.69, 9.17) is 0 Å². The second-order valence-corrected chi connectivity index (χ2v) is 13.0. The number of aryl methyl sites for hydroxylation is 1. The Morgan fingerprint density at radius 2 is 1.70 bits per heavy atom. The number of rotatable bonds is 7. The quantitative estimate of drug-likeness (QED) is 0.398. The van der Waals surface area contributed by atoms with Crippen molar-refractivity contribution in [2.45, 2.75) is 57.0 Å². The lowest BCUT2D eigenvalue weighted by Crippen LogP contribution is -2.56. The molecule has 5 rings (SSSR count). The number of hydrogen-bond donors (Lipinski definition) is 3. The average Bonchev–Trinajstić information content (AvgIpc) is 3.48. The van der Waals surface area contributed by atoms with Gasteiger partial charge in [-0.3, -0.25) is 9.59 Å². The molecule has 3 N–H and O–H groups in total. The summed E-state index contributed by atoms with van der Waals surface area (Å²) in [5.74, 6) is 0.0630. The van der Waals surface area contributed by atoms with Crippen LogP contribution >= 0.6 is 0 Å². The van der Waals surface area contributed by atoms with Crippen molar-refractivity contribution in [2.24, 2.45) is 11.8 Å². The number of anilines is 1. The molecule has 0 radical (unpaired) electrons. The summed E-state index contributed by atoms with van der Waals surface area (Å²) < 4.78 is 30.6. The predicted molar refractivity (Wildman–Crippen MR) is 158 cm³/mol. The van der Waals surface area contributed by atoms with Gasteiger partial charge in [0, 0.05) is 41.2 Å². The smallest absolute Gasteiger partial charge is 0.255 e. The van der Waals surface area contributed by atoms with Crippen molar-refractivity contribution in [1.29, 1.82) is 0 Å². The number of carbonyl (C=O) groups is 2. The minimum atomic E-state index is -3.89. The van der Waals surface area contributed by atoms with Gasteiger partial charge in [0.1, 0.15) is 0 Å². The van der Waals surface area contributed by atoms with Crippen LogP contribution in [0.25, 0.3) is 10.8 Å². The van der Waals surface area contributed by atoms with Crippen LogP contribution in [0, 0.1) is 18.8 Å². The SMILES string of the molecule is Cc1ccccc1C(=O)Nc1ccc(S(=O)(=O)N[C@H]2CCN(C(=O)[C@@H]3CCCN3)C[C@H]2C(C)C)c2ccccc12. The van der Waals surface area contributed by atoms with Crippen molar-refractivity contribution in [2.75, 3.05) is 25.0 Å². The highest BCUT2D eigenvalue weighted by molar-refractivity contribution is 7.89. The number of hydrogen-bond acceptors (Lipinski definition) is 5. The standard InChI is InChI=1S/C31H38N4O4S/c1-20(2)25-19-35(31(37)28-13-8-17-32-28)18-16-27(25)34-40(38,39)29-15-14-26(23-11-6-7-12-24(23)29)33-30(36)22-10-5-4-9-21(22)3/h4-7,9-12,14-15,20,25,27-28,32,34H,8,13,16-19H2,1-3H3,(H,33,36)/t25-,27-,28-/m0/s1. The molecule has 3 atom stereocenters. The van der Waals surface area contributed by atoms with Gasteiger partial charge >= 0.3 is 0 Å². The molecule has 2 amide bonds. The summed E-state index contributed by atoms with van der Waals surface area (Å²) in [5, 5.41) is 7.44. The third kappa shape index (κ3) is 5.77. The molecule has 0 aliphatic carbocycles. The molecule has 9 heteroatoms. The average molecular weight is 563 g/mol. The van der Waals surface area contributed by atoms with Crippen molar-refractivity contribution < 1.29 is 18.0 Å². The van der Waals surface area contributed by atoms with Gasteiger partial charge in [-0.25, -0.2) is 13.1 Å². The van der Waals surface area contributed by atoms with Gasteiger partial charge in [-0.05, 0) is 68.3 Å². The van der Waals surface area contributed by atoms with E-state index in [-0.39, 0.29) is 40.6 Å². The van der Waals surface area contributed by atoms with Crippen LogP contribution < -0.4 is 15.4 Å². The molecule has 0 aromatic heterocycles. The molecule has 0 spiro atoms. The summed E-state index contributed by atoms with van der Waals surface area (Å²) in [7, 11) is -3.89. The van der Waals surface area contributed by atoms with E-state index in [0.29, 0.717) is 41.5 Å². The number of sulfonamides is 1. The fraction of sp³-hybridized carbons (Fsp3) is 0.419. The number of benzene rings is 3. The number of amides is 2. The molecule has 3 aromatic carbocycles. The summed E-state index contributed by atoms with van der Waals surface area (Å²) in [6, 6.07) is 17.4. The summed E-state index contributed by atoms with van der Waals surface area (Å²) in [6.07, 6.45) is 2.41. The molecule has 8 nitrogen and oxygen atoms in total. The highest BCUT2D eigenvalue weighted by Crippen LogP contribution is 2.32. The number of nitrogens with one attached hydrogen (secondary N) is 3. The first-order valence-corrected chi connectivity index (χ1v) is 15.6. The molecular formula is C31H38N4O4S. The number of fused-ring (bicyclic) bond motifs is 1. The van der Waals surface area contributed by atoms with E-state index in [1.54, 1.807) is 30.3 Å². The number of nitrogens with zero attached hydrogens (tertiary/aromatic N) is 1. The number of piperidine rings is 1. The summed E-state index contributed by atoms with van der Waals surface area (Å²) >= 11 is 0. The van der Waals surface area contributed by atoms with E-state index in [1.165, 1.54) is 0 Å². The zero-order chi connectivity index (χ0) is 28.4. The Morgan fingerprint density at radius 3 is 2.40 bits per heavy atom. The lowest BCUT2D eigenvalue weighted by molar-refractivity contribution is -0.135. The maximum Gasteiger partial charge on any atom is 0.255 e. The van der Waals surface area contributed by atoms with Crippen molar-refractivity contribution in [1.82, 2.24) is 14.9 Å². The highest BCUT2D eigenvalue weighted by atomic mass is 32.2. The molecule has 2 fully saturated rings. The van der Waals surface area contributed by atoms with Gasteiger partial charge in [0.15, 0.2) is 0 Å². The van der Waals surface area contributed by atoms with Crippen molar-refractivity contribution in [3.05, 3.63) is 71.8 Å². The molecule has 0 unspecified atom stereocenters. The van der Waals surface area contributed by atoms with E-state index in [1.807, 2.05) is 42.2 Å². The highest BCUT2D eigenvalue weighted by Gasteiger charge is 2.38. The molecule has 2 saturated heterocycles. The second-order valence-electron chi connectivity index (χ2n) is 11.3. The Morgan fingerprint density at radius 1 is 0.975 bits per heavy atom. The first-order chi connectivity index (χ1) is 19.2. The van der Waals surface area contributed by atoms with E-state index in [2.05, 4.69) is 29.2 Å². The van der Waals surface area contributed by atoms with E-state index in [0.717, 1.165) is 24.9 Å². The summed E-state index contributed by atoms with van der Waals surface area (Å²) in [4.78, 5) is 28.1. The molecule has 2 aliphatic heterocycles. The maximum absolute atomic E-state index is 13.8. The first-order valence-electron chi connectivity index (χ1n) is 14.1. The fourth-order valence-electron chi connectivity index (χ4n) is 6.01. The molecule has 0 bridgehead atoms. The van der Waals surface area contributed by atoms with E-state index in [9.17, 15) is 18.0 Å². The van der Waals surface area contributed by atoms with Gasteiger partial charge in [-0.2, -0.15) is 0 Å². The molecular weight excluding hydrogens is 524 g/mol. The normalized spacial score (nSPS) is 21.6. The van der Waals surface area contributed by atoms with Gasteiger partial charge in [0.05, 0.1) is 10.9 Å². The molecule has 2 heterocycles. The van der Waals surface area contributed by atoms with Crippen LogP contribution in [0.1, 0.15) is 49.0 Å². The van der Waals surface area contributed by atoms with Crippen LogP contribution in [0.3, 0.4) is 0 Å². The van der Waals surface area contributed by atoms with E-state index >= 15 is 0 Å². The first kappa shape index (κ1) is 28.3. The number of carbonyl (C=O) groups excluding carboxylic acids is 2. The van der Waals surface area contributed by atoms with Gasteiger partial charge in [0.25, 0.3) is 5.91 Å². The summed E-state index contributed by atoms with van der Waals surface area (Å²) in [6.45, 7) is 7.96. The topological polar surface area (TPSA) is 108 Å². The second kappa shape index (κ2) is 11.7. The molecule has 212 valence electrons. The van der Waals surface area contributed by atoms with Crippen LogP contribution in [-0.4, -0.2) is 56.9 Å². The van der Waals surface area contributed by atoms with Crippen molar-refractivity contribution >= 4 is 38.3 Å². The molecule has 0 saturated carbocycles. The largest absolute Gasteiger partial charge is 0.341 e. The number of likely N-dealkylation sites (tertiary alicyclic amines) is 1. The van der Waals surface area contributed by atoms with Crippen molar-refractivity contribution in [3.8, 4) is 0 Å².